The molecule has 1 aromatic carbocycles. The number of rotatable bonds is 3. The Balaban J connectivity index is 3.00. The summed E-state index contributed by atoms with van der Waals surface area (Å²) in [5.41, 5.74) is 0. The number of methoxy groups -OCH3 is 1. The average molecular weight is 184 g/mol. The number of ether oxygens (including phenoxy) is 1. The van der Waals surface area contributed by atoms with Crippen LogP contribution in [0.25, 0.3) is 0 Å². The van der Waals surface area contributed by atoms with Crippen molar-refractivity contribution >= 4 is 11.8 Å². The maximum Gasteiger partial charge on any atom is 0.174 e. The molecule has 0 aliphatic heterocycles. The number of phenolic OH excluding ortho intramolecular Hbond substituents is 1. The van der Waals surface area contributed by atoms with Gasteiger partial charge in [-0.3, -0.25) is 0 Å². The maximum absolute atomic E-state index is 9.38. The van der Waals surface area contributed by atoms with Gasteiger partial charge in [-0.25, -0.2) is 0 Å². The third-order valence-electron chi connectivity index (χ3n) is 1.46. The summed E-state index contributed by atoms with van der Waals surface area (Å²) < 4.78 is 5.06. The van der Waals surface area contributed by atoms with Crippen LogP contribution in [-0.2, 0) is 0 Å². The lowest BCUT2D eigenvalue weighted by Crippen LogP contribution is -1.86. The molecular weight excluding hydrogens is 172 g/mol. The zero-order valence-corrected chi connectivity index (χ0v) is 8.02. The van der Waals surface area contributed by atoms with Crippen LogP contribution in [0.3, 0.4) is 0 Å². The number of hydrogen-bond donors (Lipinski definition) is 1. The van der Waals surface area contributed by atoms with Crippen molar-refractivity contribution in [1.82, 2.24) is 0 Å². The molecule has 66 valence electrons. The molecule has 0 atom stereocenters. The topological polar surface area (TPSA) is 29.5 Å². The van der Waals surface area contributed by atoms with Gasteiger partial charge in [0.2, 0.25) is 0 Å². The van der Waals surface area contributed by atoms with Gasteiger partial charge in [-0.2, -0.15) is 0 Å². The quantitative estimate of drug-likeness (QED) is 0.732. The standard InChI is InChI=1S/C9H12O2S/c1-3-12-8-6-4-5-7(10)9(8)11-2/h4-6,10H,3H2,1-2H3. The summed E-state index contributed by atoms with van der Waals surface area (Å²) in [5.74, 6) is 1.75. The molecule has 0 unspecified atom stereocenters. The van der Waals surface area contributed by atoms with Crippen molar-refractivity contribution in [3.8, 4) is 11.5 Å². The van der Waals surface area contributed by atoms with E-state index < -0.39 is 0 Å². The minimum Gasteiger partial charge on any atom is -0.504 e. The highest BCUT2D eigenvalue weighted by molar-refractivity contribution is 7.99. The molecule has 0 aliphatic rings. The van der Waals surface area contributed by atoms with E-state index >= 15 is 0 Å². The number of hydrogen-bond acceptors (Lipinski definition) is 3. The first-order valence-electron chi connectivity index (χ1n) is 3.78. The van der Waals surface area contributed by atoms with Gasteiger partial charge in [0.25, 0.3) is 0 Å². The molecule has 0 saturated carbocycles. The van der Waals surface area contributed by atoms with Crippen LogP contribution in [0.4, 0.5) is 0 Å². The molecule has 0 bridgehead atoms. The van der Waals surface area contributed by atoms with E-state index in [9.17, 15) is 5.11 Å². The number of para-hydroxylation sites is 1. The van der Waals surface area contributed by atoms with Crippen molar-refractivity contribution in [2.24, 2.45) is 0 Å². The fourth-order valence-electron chi connectivity index (χ4n) is 0.979. The Bertz CT molecular complexity index is 261. The largest absolute Gasteiger partial charge is 0.504 e. The molecule has 0 aromatic heterocycles. The van der Waals surface area contributed by atoms with Crippen LogP contribution in [0.15, 0.2) is 23.1 Å². The molecule has 12 heavy (non-hydrogen) atoms. The molecule has 0 fully saturated rings. The fourth-order valence-corrected chi connectivity index (χ4v) is 1.78. The van der Waals surface area contributed by atoms with Crippen LogP contribution in [0, 0.1) is 0 Å². The Morgan fingerprint density at radius 3 is 2.83 bits per heavy atom. The lowest BCUT2D eigenvalue weighted by Gasteiger charge is -2.07. The SMILES string of the molecule is CCSc1cccc(O)c1OC. The van der Waals surface area contributed by atoms with Crippen LogP contribution in [0.1, 0.15) is 6.92 Å². The average Bonchev–Trinajstić information content (AvgIpc) is 2.05. The van der Waals surface area contributed by atoms with E-state index in [-0.39, 0.29) is 5.75 Å². The predicted octanol–water partition coefficient (Wildman–Crippen LogP) is 2.51. The highest BCUT2D eigenvalue weighted by atomic mass is 32.2. The van der Waals surface area contributed by atoms with E-state index in [4.69, 9.17) is 4.74 Å². The first-order chi connectivity index (χ1) is 5.79. The Morgan fingerprint density at radius 2 is 2.25 bits per heavy atom. The van der Waals surface area contributed by atoms with Crippen molar-refractivity contribution in [1.29, 1.82) is 0 Å². The molecule has 0 spiro atoms. The van der Waals surface area contributed by atoms with Gasteiger partial charge in [0.1, 0.15) is 0 Å². The van der Waals surface area contributed by atoms with Gasteiger partial charge in [0.05, 0.1) is 12.0 Å². The van der Waals surface area contributed by atoms with E-state index in [0.29, 0.717) is 5.75 Å². The summed E-state index contributed by atoms with van der Waals surface area (Å²) in [5, 5.41) is 9.38. The number of phenols is 1. The first kappa shape index (κ1) is 9.26. The zero-order chi connectivity index (χ0) is 8.97. The lowest BCUT2D eigenvalue weighted by molar-refractivity contribution is 0.365. The van der Waals surface area contributed by atoms with Crippen LogP contribution >= 0.6 is 11.8 Å². The van der Waals surface area contributed by atoms with Gasteiger partial charge >= 0.3 is 0 Å². The Morgan fingerprint density at radius 1 is 1.50 bits per heavy atom. The third-order valence-corrected chi connectivity index (χ3v) is 2.38. The normalized spacial score (nSPS) is 9.83. The summed E-state index contributed by atoms with van der Waals surface area (Å²) in [4.78, 5) is 0.986. The van der Waals surface area contributed by atoms with Crippen LogP contribution in [0.2, 0.25) is 0 Å². The molecule has 2 nitrogen and oxygen atoms in total. The highest BCUT2D eigenvalue weighted by Gasteiger charge is 2.06. The number of thioether (sulfide) groups is 1. The second-order valence-corrected chi connectivity index (χ2v) is 3.55. The van der Waals surface area contributed by atoms with Crippen LogP contribution in [-0.4, -0.2) is 18.0 Å². The molecule has 0 heterocycles. The smallest absolute Gasteiger partial charge is 0.174 e. The van der Waals surface area contributed by atoms with Crippen molar-refractivity contribution < 1.29 is 9.84 Å². The third kappa shape index (κ3) is 1.85. The van der Waals surface area contributed by atoms with Crippen molar-refractivity contribution in [3.63, 3.8) is 0 Å². The minimum atomic E-state index is 0.205. The lowest BCUT2D eigenvalue weighted by atomic mass is 10.3. The molecule has 1 rings (SSSR count). The first-order valence-corrected chi connectivity index (χ1v) is 4.77. The molecule has 1 N–H and O–H groups in total. The van der Waals surface area contributed by atoms with Gasteiger partial charge in [-0.15, -0.1) is 11.8 Å². The van der Waals surface area contributed by atoms with Crippen LogP contribution in [0.5, 0.6) is 11.5 Å². The Kier molecular flexibility index (Phi) is 3.29. The second kappa shape index (κ2) is 4.26. The van der Waals surface area contributed by atoms with E-state index in [0.717, 1.165) is 10.6 Å². The van der Waals surface area contributed by atoms with Gasteiger partial charge in [-0.1, -0.05) is 13.0 Å². The molecule has 0 amide bonds. The van der Waals surface area contributed by atoms with Gasteiger partial charge in [-0.05, 0) is 17.9 Å². The predicted molar refractivity (Wildman–Crippen MR) is 51.1 cm³/mol. The monoisotopic (exact) mass is 184 g/mol. The summed E-state index contributed by atoms with van der Waals surface area (Å²) in [6.07, 6.45) is 0. The highest BCUT2D eigenvalue weighted by Crippen LogP contribution is 2.36. The van der Waals surface area contributed by atoms with Gasteiger partial charge in [0, 0.05) is 0 Å². The summed E-state index contributed by atoms with van der Waals surface area (Å²) in [7, 11) is 1.56. The number of benzene rings is 1. The fraction of sp³-hybridized carbons (Fsp3) is 0.333. The molecular formula is C9H12O2S. The molecule has 0 aliphatic carbocycles. The second-order valence-electron chi connectivity index (χ2n) is 2.24. The maximum atomic E-state index is 9.38. The Labute approximate surface area is 76.6 Å². The molecule has 1 aromatic rings. The van der Waals surface area contributed by atoms with E-state index in [1.165, 1.54) is 0 Å². The summed E-state index contributed by atoms with van der Waals surface area (Å²) in [6, 6.07) is 5.38. The molecule has 0 radical (unpaired) electrons. The minimum absolute atomic E-state index is 0.205. The molecule has 3 heteroatoms. The van der Waals surface area contributed by atoms with Gasteiger partial charge < -0.3 is 9.84 Å². The van der Waals surface area contributed by atoms with Crippen molar-refractivity contribution in [2.75, 3.05) is 12.9 Å². The van der Waals surface area contributed by atoms with E-state index in [2.05, 4.69) is 6.92 Å². The number of aromatic hydroxyl groups is 1. The van der Waals surface area contributed by atoms with Crippen molar-refractivity contribution in [2.45, 2.75) is 11.8 Å². The Hall–Kier alpha value is -0.830. The zero-order valence-electron chi connectivity index (χ0n) is 7.20. The van der Waals surface area contributed by atoms with Gasteiger partial charge in [0.15, 0.2) is 11.5 Å². The van der Waals surface area contributed by atoms with E-state index in [1.54, 1.807) is 24.9 Å². The molecule has 0 saturated heterocycles. The summed E-state index contributed by atoms with van der Waals surface area (Å²) >= 11 is 1.66. The van der Waals surface area contributed by atoms with Crippen molar-refractivity contribution in [3.05, 3.63) is 18.2 Å². The van der Waals surface area contributed by atoms with E-state index in [1.807, 2.05) is 12.1 Å². The van der Waals surface area contributed by atoms with Crippen LogP contribution < -0.4 is 4.74 Å². The summed E-state index contributed by atoms with van der Waals surface area (Å²) in [6.45, 7) is 2.06.